The van der Waals surface area contributed by atoms with E-state index >= 15 is 0 Å². The van der Waals surface area contributed by atoms with Crippen molar-refractivity contribution in [3.05, 3.63) is 119 Å². The van der Waals surface area contributed by atoms with Crippen molar-refractivity contribution in [2.24, 2.45) is 9.98 Å². The number of para-hydroxylation sites is 1. The lowest BCUT2D eigenvalue weighted by Gasteiger charge is -2.22. The van der Waals surface area contributed by atoms with Crippen LogP contribution in [0.4, 0.5) is 0 Å². The second kappa shape index (κ2) is 7.66. The van der Waals surface area contributed by atoms with E-state index in [0.717, 1.165) is 44.5 Å². The zero-order valence-electron chi connectivity index (χ0n) is 17.0. The van der Waals surface area contributed by atoms with E-state index in [1.165, 1.54) is 0 Å². The van der Waals surface area contributed by atoms with Crippen LogP contribution in [-0.4, -0.2) is 11.7 Å². The third-order valence-corrected chi connectivity index (χ3v) is 5.80. The van der Waals surface area contributed by atoms with E-state index in [0.29, 0.717) is 10.9 Å². The fraction of sp³-hybridized carbons (Fsp3) is 0.0370. The first-order valence-corrected chi connectivity index (χ1v) is 10.8. The maximum absolute atomic E-state index is 6.50. The molecule has 5 heteroatoms. The Bertz CT molecular complexity index is 1500. The van der Waals surface area contributed by atoms with Gasteiger partial charge in [0.15, 0.2) is 6.17 Å². The van der Waals surface area contributed by atoms with Crippen molar-refractivity contribution in [3.63, 3.8) is 0 Å². The van der Waals surface area contributed by atoms with Crippen LogP contribution in [0.5, 0.6) is 0 Å². The SMILES string of the molecule is Clc1cc(C2=NC(c3ccccc3)N=C(c3ccccc3)N2)c2c(c1)oc1ccccc12. The molecule has 6 rings (SSSR count). The quantitative estimate of drug-likeness (QED) is 0.341. The van der Waals surface area contributed by atoms with Gasteiger partial charge in [-0.3, -0.25) is 0 Å². The molecule has 0 radical (unpaired) electrons. The van der Waals surface area contributed by atoms with Crippen molar-refractivity contribution < 1.29 is 4.42 Å². The van der Waals surface area contributed by atoms with Gasteiger partial charge in [0.2, 0.25) is 0 Å². The fourth-order valence-corrected chi connectivity index (χ4v) is 4.32. The van der Waals surface area contributed by atoms with Crippen LogP contribution in [0.2, 0.25) is 5.02 Å². The molecule has 0 spiro atoms. The summed E-state index contributed by atoms with van der Waals surface area (Å²) in [4.78, 5) is 9.91. The Hall–Kier alpha value is -3.89. The van der Waals surface area contributed by atoms with E-state index in [1.54, 1.807) is 0 Å². The van der Waals surface area contributed by atoms with Crippen LogP contribution in [0.25, 0.3) is 21.9 Å². The van der Waals surface area contributed by atoms with Gasteiger partial charge in [-0.1, -0.05) is 90.5 Å². The van der Waals surface area contributed by atoms with Crippen molar-refractivity contribution in [1.82, 2.24) is 5.32 Å². The first-order chi connectivity index (χ1) is 15.8. The Labute approximate surface area is 189 Å². The Morgan fingerprint density at radius 3 is 2.22 bits per heavy atom. The Balaban J connectivity index is 1.58. The van der Waals surface area contributed by atoms with Gasteiger partial charge in [0, 0.05) is 33.0 Å². The maximum Gasteiger partial charge on any atom is 0.169 e. The molecule has 1 aliphatic heterocycles. The molecular weight excluding hydrogens is 418 g/mol. The third kappa shape index (κ3) is 3.26. The Morgan fingerprint density at radius 2 is 1.41 bits per heavy atom. The summed E-state index contributed by atoms with van der Waals surface area (Å²) in [5, 5.41) is 6.06. The molecule has 1 aliphatic rings. The third-order valence-electron chi connectivity index (χ3n) is 5.58. The van der Waals surface area contributed by atoms with Gasteiger partial charge >= 0.3 is 0 Å². The predicted octanol–water partition coefficient (Wildman–Crippen LogP) is 6.73. The number of rotatable bonds is 3. The number of amidine groups is 2. The lowest BCUT2D eigenvalue weighted by atomic mass is 10.0. The molecule has 4 aromatic carbocycles. The molecule has 0 amide bonds. The highest BCUT2D eigenvalue weighted by Gasteiger charge is 2.23. The molecule has 0 aliphatic carbocycles. The number of nitrogens with one attached hydrogen (secondary N) is 1. The van der Waals surface area contributed by atoms with Crippen LogP contribution in [0.3, 0.4) is 0 Å². The number of fused-ring (bicyclic) bond motifs is 3. The minimum Gasteiger partial charge on any atom is -0.456 e. The average molecular weight is 436 g/mol. The summed E-state index contributed by atoms with van der Waals surface area (Å²) in [6, 6.07) is 32.0. The number of benzene rings is 4. The largest absolute Gasteiger partial charge is 0.456 e. The van der Waals surface area contributed by atoms with Crippen molar-refractivity contribution in [2.75, 3.05) is 0 Å². The molecule has 32 heavy (non-hydrogen) atoms. The first-order valence-electron chi connectivity index (χ1n) is 10.4. The van der Waals surface area contributed by atoms with Crippen LogP contribution in [0.15, 0.2) is 111 Å². The van der Waals surface area contributed by atoms with E-state index in [-0.39, 0.29) is 6.17 Å². The van der Waals surface area contributed by atoms with Gasteiger partial charge in [0.05, 0.1) is 0 Å². The summed E-state index contributed by atoms with van der Waals surface area (Å²) < 4.78 is 6.09. The van der Waals surface area contributed by atoms with Crippen molar-refractivity contribution in [1.29, 1.82) is 0 Å². The number of nitrogens with zero attached hydrogens (tertiary/aromatic N) is 2. The summed E-state index contributed by atoms with van der Waals surface area (Å²) >= 11 is 6.50. The molecule has 4 nitrogen and oxygen atoms in total. The highest BCUT2D eigenvalue weighted by atomic mass is 35.5. The molecule has 1 atom stereocenters. The van der Waals surface area contributed by atoms with Gasteiger partial charge in [0.25, 0.3) is 0 Å². The maximum atomic E-state index is 6.50. The first kappa shape index (κ1) is 18.8. The van der Waals surface area contributed by atoms with E-state index in [2.05, 4.69) is 11.4 Å². The van der Waals surface area contributed by atoms with Gasteiger partial charge < -0.3 is 9.73 Å². The molecule has 154 valence electrons. The highest BCUT2D eigenvalue weighted by molar-refractivity contribution is 6.33. The van der Waals surface area contributed by atoms with E-state index in [9.17, 15) is 0 Å². The molecule has 5 aromatic rings. The number of furan rings is 1. The van der Waals surface area contributed by atoms with Gasteiger partial charge in [-0.05, 0) is 17.7 Å². The van der Waals surface area contributed by atoms with Crippen molar-refractivity contribution >= 4 is 45.2 Å². The van der Waals surface area contributed by atoms with E-state index < -0.39 is 0 Å². The van der Waals surface area contributed by atoms with Crippen molar-refractivity contribution in [3.8, 4) is 0 Å². The summed E-state index contributed by atoms with van der Waals surface area (Å²) in [6.45, 7) is 0. The average Bonchev–Trinajstić information content (AvgIpc) is 3.22. The molecule has 1 aromatic heterocycles. The minimum atomic E-state index is -0.366. The topological polar surface area (TPSA) is 49.9 Å². The normalized spacial score (nSPS) is 16.0. The fourth-order valence-electron chi connectivity index (χ4n) is 4.11. The summed E-state index contributed by atoms with van der Waals surface area (Å²) in [7, 11) is 0. The molecule has 0 bridgehead atoms. The predicted molar refractivity (Wildman–Crippen MR) is 131 cm³/mol. The molecule has 0 saturated heterocycles. The van der Waals surface area contributed by atoms with Crippen LogP contribution in [-0.2, 0) is 0 Å². The second-order valence-electron chi connectivity index (χ2n) is 7.66. The van der Waals surface area contributed by atoms with Gasteiger partial charge in [-0.2, -0.15) is 0 Å². The molecule has 1 unspecified atom stereocenters. The van der Waals surface area contributed by atoms with Crippen LogP contribution in [0.1, 0.15) is 22.9 Å². The van der Waals surface area contributed by atoms with Gasteiger partial charge in [-0.15, -0.1) is 0 Å². The molecule has 1 N–H and O–H groups in total. The standard InChI is InChI=1S/C27H18ClN3O/c28-19-15-21(24-20-13-7-8-14-22(20)32-23(24)16-19)27-30-25(17-9-3-1-4-10-17)29-26(31-27)18-11-5-2-6-12-18/h1-16,25H,(H,29,30,31). The smallest absolute Gasteiger partial charge is 0.169 e. The van der Waals surface area contributed by atoms with Crippen molar-refractivity contribution in [2.45, 2.75) is 6.17 Å². The lowest BCUT2D eigenvalue weighted by molar-refractivity contribution is 0.669. The number of hydrogen-bond acceptors (Lipinski definition) is 4. The number of hydrogen-bond donors (Lipinski definition) is 1. The molecule has 0 fully saturated rings. The minimum absolute atomic E-state index is 0.366. The second-order valence-corrected chi connectivity index (χ2v) is 8.09. The van der Waals surface area contributed by atoms with Crippen LogP contribution < -0.4 is 5.32 Å². The summed E-state index contributed by atoms with van der Waals surface area (Å²) in [5.41, 5.74) is 4.46. The Kier molecular flexibility index (Phi) is 4.51. The summed E-state index contributed by atoms with van der Waals surface area (Å²) in [6.07, 6.45) is -0.366. The monoisotopic (exact) mass is 435 g/mol. The van der Waals surface area contributed by atoms with E-state index in [1.807, 2.05) is 91.0 Å². The van der Waals surface area contributed by atoms with E-state index in [4.69, 9.17) is 26.0 Å². The molecule has 0 saturated carbocycles. The van der Waals surface area contributed by atoms with Gasteiger partial charge in [-0.25, -0.2) is 9.98 Å². The Morgan fingerprint density at radius 1 is 0.719 bits per heavy atom. The van der Waals surface area contributed by atoms with Crippen LogP contribution in [0, 0.1) is 0 Å². The molecule has 2 heterocycles. The number of halogens is 1. The zero-order chi connectivity index (χ0) is 21.5. The van der Waals surface area contributed by atoms with Gasteiger partial charge in [0.1, 0.15) is 22.8 Å². The zero-order valence-corrected chi connectivity index (χ0v) is 17.8. The summed E-state index contributed by atoms with van der Waals surface area (Å²) in [5.74, 6) is 1.48. The lowest BCUT2D eigenvalue weighted by Crippen LogP contribution is -2.36. The highest BCUT2D eigenvalue weighted by Crippen LogP contribution is 2.35. The van der Waals surface area contributed by atoms with Crippen LogP contribution >= 0.6 is 11.6 Å². The molecular formula is C27H18ClN3O. The number of aliphatic imine (C=N–C) groups is 2.